The van der Waals surface area contributed by atoms with Gasteiger partial charge in [0.25, 0.3) is 21.5 Å². The number of nitrogens with zero attached hydrogens (tertiary/aromatic N) is 2. The molecule has 10 nitrogen and oxygen atoms in total. The number of sulfonamides is 1. The van der Waals surface area contributed by atoms with Crippen molar-refractivity contribution >= 4 is 49.3 Å². The summed E-state index contributed by atoms with van der Waals surface area (Å²) in [6, 6.07) is 16.6. The molecule has 0 spiro atoms. The number of nitrogens with one attached hydrogen (secondary N) is 2. The molecular weight excluding hydrogens is 520 g/mol. The van der Waals surface area contributed by atoms with E-state index in [-0.39, 0.29) is 21.7 Å². The minimum atomic E-state index is -4.32. The van der Waals surface area contributed by atoms with Crippen LogP contribution in [0.4, 0.5) is 0 Å². The molecule has 5 aromatic rings. The molecule has 2 aromatic heterocycles. The minimum absolute atomic E-state index is 0.0977. The van der Waals surface area contributed by atoms with Gasteiger partial charge < -0.3 is 14.3 Å². The van der Waals surface area contributed by atoms with E-state index in [1.807, 2.05) is 4.72 Å². The van der Waals surface area contributed by atoms with Crippen LogP contribution < -0.4 is 20.7 Å². The predicted molar refractivity (Wildman–Crippen MR) is 139 cm³/mol. The largest absolute Gasteiger partial charge is 0.497 e. The van der Waals surface area contributed by atoms with Gasteiger partial charge in [-0.1, -0.05) is 23.7 Å². The molecule has 0 unspecified atom stereocenters. The summed E-state index contributed by atoms with van der Waals surface area (Å²) in [6.45, 7) is 0. The minimum Gasteiger partial charge on any atom is -0.497 e. The molecule has 0 fully saturated rings. The highest BCUT2D eigenvalue weighted by atomic mass is 35.5. The van der Waals surface area contributed by atoms with Crippen LogP contribution in [-0.4, -0.2) is 35.6 Å². The average molecular weight is 539 g/mol. The Bertz CT molecular complexity index is 1940. The van der Waals surface area contributed by atoms with Gasteiger partial charge in [0.15, 0.2) is 0 Å². The number of hydrogen-bond acceptors (Lipinski definition) is 6. The summed E-state index contributed by atoms with van der Waals surface area (Å²) in [5.41, 5.74) is -1.04. The molecule has 0 bridgehead atoms. The number of benzene rings is 3. The lowest BCUT2D eigenvalue weighted by Crippen LogP contribution is -2.37. The van der Waals surface area contributed by atoms with Crippen LogP contribution in [0.15, 0.2) is 81.2 Å². The first-order chi connectivity index (χ1) is 17.6. The second-order valence-corrected chi connectivity index (χ2v) is 10.3. The Balaban J connectivity index is 1.75. The van der Waals surface area contributed by atoms with Crippen molar-refractivity contribution in [3.05, 3.63) is 98.3 Å². The first-order valence-corrected chi connectivity index (χ1v) is 12.7. The molecule has 2 N–H and O–H groups in total. The Kier molecular flexibility index (Phi) is 5.89. The molecule has 12 heteroatoms. The lowest BCUT2D eigenvalue weighted by Gasteiger charge is -2.12. The fourth-order valence-electron chi connectivity index (χ4n) is 4.23. The molecular formula is C25H19ClN4O6S. The Morgan fingerprint density at radius 1 is 1.00 bits per heavy atom. The average Bonchev–Trinajstić information content (AvgIpc) is 3.15. The molecule has 37 heavy (non-hydrogen) atoms. The standard InChI is InChI=1S/C25H19ClN4O6S/c1-29-20-12-7-14(26)13-18(20)21(30-24(32)17-5-3-4-6-19(17)27-25(30)33)22(29)23(31)28-37(34,35)16-10-8-15(36-2)9-11-16/h3-13H,1-2H3,(H,27,33)(H,28,31). The number of aryl methyl sites for hydroxylation is 1. The first kappa shape index (κ1) is 24.3. The molecule has 2 heterocycles. The highest BCUT2D eigenvalue weighted by molar-refractivity contribution is 7.90. The van der Waals surface area contributed by atoms with E-state index in [9.17, 15) is 22.8 Å². The number of hydrogen-bond donors (Lipinski definition) is 2. The zero-order valence-corrected chi connectivity index (χ0v) is 21.1. The third kappa shape index (κ3) is 4.07. The Hall–Kier alpha value is -4.35. The van der Waals surface area contributed by atoms with Gasteiger partial charge in [0.05, 0.1) is 34.1 Å². The Morgan fingerprint density at radius 2 is 1.70 bits per heavy atom. The van der Waals surface area contributed by atoms with E-state index in [0.29, 0.717) is 27.2 Å². The fraction of sp³-hybridized carbons (Fsp3) is 0.0800. The SMILES string of the molecule is COc1ccc(S(=O)(=O)NC(=O)c2c(-n3c(=O)[nH]c4ccccc4c3=O)c3cc(Cl)ccc3n2C)cc1. The molecule has 5 rings (SSSR count). The van der Waals surface area contributed by atoms with Crippen molar-refractivity contribution in [2.24, 2.45) is 7.05 Å². The van der Waals surface area contributed by atoms with Gasteiger partial charge >= 0.3 is 5.69 Å². The van der Waals surface area contributed by atoms with Gasteiger partial charge in [-0.05, 0) is 54.6 Å². The number of halogens is 1. The summed E-state index contributed by atoms with van der Waals surface area (Å²) in [7, 11) is -1.35. The molecule has 0 saturated heterocycles. The van der Waals surface area contributed by atoms with Crippen LogP contribution in [0.3, 0.4) is 0 Å². The summed E-state index contributed by atoms with van der Waals surface area (Å²) in [5.74, 6) is -0.604. The molecule has 1 amide bonds. The second-order valence-electron chi connectivity index (χ2n) is 8.14. The monoisotopic (exact) mass is 538 g/mol. The number of amides is 1. The maximum atomic E-state index is 13.5. The summed E-state index contributed by atoms with van der Waals surface area (Å²) in [4.78, 5) is 42.6. The van der Waals surface area contributed by atoms with E-state index in [1.54, 1.807) is 30.3 Å². The van der Waals surface area contributed by atoms with E-state index in [0.717, 1.165) is 4.57 Å². The number of aromatic amines is 1. The predicted octanol–water partition coefficient (Wildman–Crippen LogP) is 2.95. The zero-order valence-electron chi connectivity index (χ0n) is 19.5. The quantitative estimate of drug-likeness (QED) is 0.353. The van der Waals surface area contributed by atoms with E-state index in [4.69, 9.17) is 16.3 Å². The number of aromatic nitrogens is 3. The number of para-hydroxylation sites is 1. The van der Waals surface area contributed by atoms with E-state index in [2.05, 4.69) is 4.98 Å². The van der Waals surface area contributed by atoms with Gasteiger partial charge in [-0.25, -0.2) is 22.5 Å². The third-order valence-corrected chi connectivity index (χ3v) is 7.56. The van der Waals surface area contributed by atoms with Crippen LogP contribution in [0, 0.1) is 0 Å². The molecule has 0 aliphatic heterocycles. The maximum Gasteiger partial charge on any atom is 0.333 e. The van der Waals surface area contributed by atoms with E-state index in [1.165, 1.54) is 55.1 Å². The van der Waals surface area contributed by atoms with Crippen molar-refractivity contribution in [3.63, 3.8) is 0 Å². The molecule has 0 radical (unpaired) electrons. The van der Waals surface area contributed by atoms with Crippen molar-refractivity contribution in [3.8, 4) is 11.4 Å². The molecule has 188 valence electrons. The van der Waals surface area contributed by atoms with Crippen LogP contribution in [0.1, 0.15) is 10.5 Å². The summed E-state index contributed by atoms with van der Waals surface area (Å²) >= 11 is 6.22. The van der Waals surface area contributed by atoms with Gasteiger partial charge in [-0.2, -0.15) is 0 Å². The highest BCUT2D eigenvalue weighted by Crippen LogP contribution is 2.30. The number of fused-ring (bicyclic) bond motifs is 2. The van der Waals surface area contributed by atoms with Crippen molar-refractivity contribution in [2.75, 3.05) is 7.11 Å². The third-order valence-electron chi connectivity index (χ3n) is 5.98. The van der Waals surface area contributed by atoms with Crippen molar-refractivity contribution in [1.82, 2.24) is 18.8 Å². The number of carbonyl (C=O) groups is 1. The Morgan fingerprint density at radius 3 is 2.41 bits per heavy atom. The highest BCUT2D eigenvalue weighted by Gasteiger charge is 2.28. The second kappa shape index (κ2) is 8.95. The fourth-order valence-corrected chi connectivity index (χ4v) is 5.36. The van der Waals surface area contributed by atoms with Crippen LogP contribution in [0.5, 0.6) is 5.75 Å². The van der Waals surface area contributed by atoms with E-state index < -0.39 is 27.2 Å². The molecule has 0 atom stereocenters. The molecule has 3 aromatic carbocycles. The van der Waals surface area contributed by atoms with Crippen molar-refractivity contribution in [1.29, 1.82) is 0 Å². The number of rotatable bonds is 5. The molecule has 0 aliphatic carbocycles. The summed E-state index contributed by atoms with van der Waals surface area (Å²) in [6.07, 6.45) is 0. The van der Waals surface area contributed by atoms with Gasteiger partial charge in [0, 0.05) is 17.5 Å². The van der Waals surface area contributed by atoms with Crippen LogP contribution in [0.25, 0.3) is 27.5 Å². The van der Waals surface area contributed by atoms with Crippen LogP contribution >= 0.6 is 11.6 Å². The number of H-pyrrole nitrogens is 1. The van der Waals surface area contributed by atoms with E-state index >= 15 is 0 Å². The van der Waals surface area contributed by atoms with Gasteiger partial charge in [0.2, 0.25) is 0 Å². The van der Waals surface area contributed by atoms with Crippen molar-refractivity contribution in [2.45, 2.75) is 4.90 Å². The smallest absolute Gasteiger partial charge is 0.333 e. The number of carbonyl (C=O) groups excluding carboxylic acids is 1. The van der Waals surface area contributed by atoms with Gasteiger partial charge in [-0.3, -0.25) is 9.59 Å². The Labute approximate surface area is 214 Å². The summed E-state index contributed by atoms with van der Waals surface area (Å²) < 4.78 is 35.3. The normalized spacial score (nSPS) is 11.6. The topological polar surface area (TPSA) is 132 Å². The number of ether oxygens (including phenoxy) is 1. The lowest BCUT2D eigenvalue weighted by molar-refractivity contribution is 0.0974. The lowest BCUT2D eigenvalue weighted by atomic mass is 10.2. The maximum absolute atomic E-state index is 13.5. The molecule has 0 aliphatic rings. The molecule has 0 saturated carbocycles. The van der Waals surface area contributed by atoms with Gasteiger partial charge in [-0.15, -0.1) is 0 Å². The van der Waals surface area contributed by atoms with Gasteiger partial charge in [0.1, 0.15) is 11.4 Å². The zero-order chi connectivity index (χ0) is 26.5. The summed E-state index contributed by atoms with van der Waals surface area (Å²) in [5, 5.41) is 0.811. The van der Waals surface area contributed by atoms with Crippen LogP contribution in [0.2, 0.25) is 5.02 Å². The number of methoxy groups -OCH3 is 1. The first-order valence-electron chi connectivity index (χ1n) is 10.9. The van der Waals surface area contributed by atoms with Crippen LogP contribution in [-0.2, 0) is 17.1 Å². The van der Waals surface area contributed by atoms with Crippen molar-refractivity contribution < 1.29 is 17.9 Å².